The molecular weight excluding hydrogens is 439 g/mol. The molecule has 0 unspecified atom stereocenters. The van der Waals surface area contributed by atoms with E-state index in [1.165, 1.54) is 7.11 Å². The van der Waals surface area contributed by atoms with Crippen molar-refractivity contribution in [2.24, 2.45) is 5.16 Å². The van der Waals surface area contributed by atoms with Crippen molar-refractivity contribution < 1.29 is 9.63 Å². The van der Waals surface area contributed by atoms with Crippen LogP contribution in [-0.4, -0.2) is 19.2 Å². The highest BCUT2D eigenvalue weighted by Gasteiger charge is 2.12. The Bertz CT molecular complexity index is 954. The van der Waals surface area contributed by atoms with Crippen LogP contribution in [0.2, 0.25) is 0 Å². The van der Waals surface area contributed by atoms with Gasteiger partial charge < -0.3 is 10.2 Å². The van der Waals surface area contributed by atoms with Crippen molar-refractivity contribution in [3.05, 3.63) is 87.5 Å². The topological polar surface area (TPSA) is 50.7 Å². The van der Waals surface area contributed by atoms with E-state index in [-0.39, 0.29) is 5.91 Å². The predicted octanol–water partition coefficient (Wildman–Crippen LogP) is 5.19. The minimum atomic E-state index is -0.125. The molecule has 0 aromatic heterocycles. The van der Waals surface area contributed by atoms with Crippen LogP contribution in [0, 0.1) is 3.57 Å². The van der Waals surface area contributed by atoms with E-state index in [0.29, 0.717) is 5.56 Å². The Hall–Kier alpha value is -2.67. The third-order valence-electron chi connectivity index (χ3n) is 3.80. The van der Waals surface area contributed by atoms with E-state index >= 15 is 0 Å². The van der Waals surface area contributed by atoms with Gasteiger partial charge in [-0.05, 0) is 58.0 Å². The first-order chi connectivity index (χ1) is 12.7. The number of carbonyl (C=O) groups is 1. The number of hydrogen-bond donors (Lipinski definition) is 1. The fourth-order valence-electron chi connectivity index (χ4n) is 2.58. The third kappa shape index (κ3) is 4.29. The first kappa shape index (κ1) is 18.1. The molecule has 130 valence electrons. The van der Waals surface area contributed by atoms with Gasteiger partial charge in [0.05, 0.1) is 11.8 Å². The molecule has 26 heavy (non-hydrogen) atoms. The molecule has 3 aromatic rings. The molecule has 4 nitrogen and oxygen atoms in total. The van der Waals surface area contributed by atoms with Gasteiger partial charge in [-0.25, -0.2) is 0 Å². The lowest BCUT2D eigenvalue weighted by Crippen LogP contribution is -2.14. The Morgan fingerprint density at radius 1 is 1.04 bits per heavy atom. The van der Waals surface area contributed by atoms with Gasteiger partial charge >= 0.3 is 0 Å². The number of nitrogens with zero attached hydrogens (tertiary/aromatic N) is 1. The largest absolute Gasteiger partial charge is 0.399 e. The number of amides is 1. The highest BCUT2D eigenvalue weighted by Crippen LogP contribution is 2.29. The number of hydrogen-bond acceptors (Lipinski definition) is 3. The van der Waals surface area contributed by atoms with Crippen molar-refractivity contribution >= 4 is 40.4 Å². The summed E-state index contributed by atoms with van der Waals surface area (Å²) in [5, 5.41) is 6.83. The Kier molecular flexibility index (Phi) is 6.01. The summed E-state index contributed by atoms with van der Waals surface area (Å²) in [7, 11) is 1.51. The van der Waals surface area contributed by atoms with Crippen LogP contribution in [0.3, 0.4) is 0 Å². The zero-order valence-corrected chi connectivity index (χ0v) is 16.3. The van der Waals surface area contributed by atoms with Gasteiger partial charge in [-0.2, -0.15) is 0 Å². The molecule has 0 radical (unpaired) electrons. The van der Waals surface area contributed by atoms with E-state index in [2.05, 4.69) is 33.1 Å². The van der Waals surface area contributed by atoms with Crippen molar-refractivity contribution in [3.8, 4) is 11.1 Å². The molecule has 0 saturated carbocycles. The lowest BCUT2D eigenvalue weighted by molar-refractivity contribution is 0.102. The van der Waals surface area contributed by atoms with Crippen LogP contribution in [0.25, 0.3) is 11.1 Å². The summed E-state index contributed by atoms with van der Waals surface area (Å²) in [6.07, 6.45) is 1.65. The van der Waals surface area contributed by atoms with Crippen molar-refractivity contribution in [1.82, 2.24) is 0 Å². The van der Waals surface area contributed by atoms with Gasteiger partial charge in [0.2, 0.25) is 0 Å². The lowest BCUT2D eigenvalue weighted by Gasteiger charge is -2.12. The van der Waals surface area contributed by atoms with Gasteiger partial charge in [-0.3, -0.25) is 4.79 Å². The molecule has 3 aromatic carbocycles. The predicted molar refractivity (Wildman–Crippen MR) is 114 cm³/mol. The molecule has 0 aliphatic rings. The van der Waals surface area contributed by atoms with Gasteiger partial charge in [-0.15, -0.1) is 0 Å². The summed E-state index contributed by atoms with van der Waals surface area (Å²) in [4.78, 5) is 17.4. The second-order valence-corrected chi connectivity index (χ2v) is 6.68. The first-order valence-corrected chi connectivity index (χ1v) is 9.09. The molecule has 0 spiro atoms. The Balaban J connectivity index is 1.93. The maximum atomic E-state index is 12.7. The van der Waals surface area contributed by atoms with Crippen LogP contribution in [0.15, 0.2) is 78.0 Å². The van der Waals surface area contributed by atoms with Crippen LogP contribution in [0.4, 0.5) is 5.69 Å². The van der Waals surface area contributed by atoms with E-state index in [0.717, 1.165) is 25.9 Å². The fraction of sp³-hybridized carbons (Fsp3) is 0.0476. The number of benzene rings is 3. The van der Waals surface area contributed by atoms with Crippen molar-refractivity contribution in [2.45, 2.75) is 0 Å². The summed E-state index contributed by atoms with van der Waals surface area (Å²) in [6.45, 7) is 0. The molecule has 0 heterocycles. The Morgan fingerprint density at radius 3 is 2.62 bits per heavy atom. The molecule has 0 fully saturated rings. The van der Waals surface area contributed by atoms with E-state index in [1.807, 2.05) is 72.8 Å². The Morgan fingerprint density at radius 2 is 1.81 bits per heavy atom. The Labute approximate surface area is 166 Å². The number of halogens is 1. The van der Waals surface area contributed by atoms with Crippen molar-refractivity contribution in [2.75, 3.05) is 12.4 Å². The molecule has 0 atom stereocenters. The molecule has 0 aliphatic carbocycles. The van der Waals surface area contributed by atoms with E-state index in [9.17, 15) is 4.79 Å². The molecule has 0 saturated heterocycles. The van der Waals surface area contributed by atoms with Crippen molar-refractivity contribution in [1.29, 1.82) is 0 Å². The summed E-state index contributed by atoms with van der Waals surface area (Å²) in [6, 6.07) is 23.2. The number of para-hydroxylation sites is 1. The number of nitrogens with one attached hydrogen (secondary N) is 1. The number of anilines is 1. The first-order valence-electron chi connectivity index (χ1n) is 8.01. The van der Waals surface area contributed by atoms with Gasteiger partial charge in [-0.1, -0.05) is 53.7 Å². The summed E-state index contributed by atoms with van der Waals surface area (Å²) >= 11 is 2.17. The highest BCUT2D eigenvalue weighted by molar-refractivity contribution is 14.1. The average Bonchev–Trinajstić information content (AvgIpc) is 2.67. The minimum absolute atomic E-state index is 0.125. The van der Waals surface area contributed by atoms with Crippen LogP contribution in [-0.2, 0) is 4.84 Å². The van der Waals surface area contributed by atoms with Crippen LogP contribution < -0.4 is 5.32 Å². The van der Waals surface area contributed by atoms with Gasteiger partial charge in [0.25, 0.3) is 5.91 Å². The summed E-state index contributed by atoms with van der Waals surface area (Å²) in [5.74, 6) is -0.125. The monoisotopic (exact) mass is 456 g/mol. The van der Waals surface area contributed by atoms with Crippen LogP contribution >= 0.6 is 22.6 Å². The quantitative estimate of drug-likeness (QED) is 0.327. The molecule has 3 rings (SSSR count). The lowest BCUT2D eigenvalue weighted by atomic mass is 10.0. The minimum Gasteiger partial charge on any atom is -0.399 e. The summed E-state index contributed by atoms with van der Waals surface area (Å²) in [5.41, 5.74) is 4.27. The van der Waals surface area contributed by atoms with E-state index in [1.54, 1.807) is 6.21 Å². The van der Waals surface area contributed by atoms with Crippen molar-refractivity contribution in [3.63, 3.8) is 0 Å². The number of carbonyl (C=O) groups excluding carboxylic acids is 1. The van der Waals surface area contributed by atoms with E-state index < -0.39 is 0 Å². The SMILES string of the molecule is CO/N=C/c1cccc(-c2ccccc2NC(=O)c2ccccc2I)c1. The van der Waals surface area contributed by atoms with Crippen LogP contribution in [0.5, 0.6) is 0 Å². The second kappa shape index (κ2) is 8.62. The molecule has 5 heteroatoms. The number of rotatable bonds is 5. The average molecular weight is 456 g/mol. The second-order valence-electron chi connectivity index (χ2n) is 5.52. The maximum absolute atomic E-state index is 12.7. The fourth-order valence-corrected chi connectivity index (χ4v) is 3.21. The zero-order valence-electron chi connectivity index (χ0n) is 14.1. The highest BCUT2D eigenvalue weighted by atomic mass is 127. The van der Waals surface area contributed by atoms with Gasteiger partial charge in [0.1, 0.15) is 7.11 Å². The molecule has 1 amide bonds. The third-order valence-corrected chi connectivity index (χ3v) is 4.74. The van der Waals surface area contributed by atoms with E-state index in [4.69, 9.17) is 4.84 Å². The van der Waals surface area contributed by atoms with Gasteiger partial charge in [0.15, 0.2) is 0 Å². The standard InChI is InChI=1S/C21H17IN2O2/c1-26-23-14-15-7-6-8-16(13-15)17-9-3-5-12-20(17)24-21(25)18-10-2-4-11-19(18)22/h2-14H,1H3,(H,24,25)/b23-14+. The van der Waals surface area contributed by atoms with Crippen LogP contribution in [0.1, 0.15) is 15.9 Å². The number of oxime groups is 1. The smallest absolute Gasteiger partial charge is 0.256 e. The molecule has 0 bridgehead atoms. The molecule has 1 N–H and O–H groups in total. The zero-order chi connectivity index (χ0) is 18.4. The van der Waals surface area contributed by atoms with Gasteiger partial charge in [0, 0.05) is 14.8 Å². The normalized spacial score (nSPS) is 10.7. The summed E-state index contributed by atoms with van der Waals surface area (Å²) < 4.78 is 0.915. The maximum Gasteiger partial charge on any atom is 0.256 e. The molecule has 0 aliphatic heterocycles. The molecular formula is C21H17IN2O2.